The summed E-state index contributed by atoms with van der Waals surface area (Å²) in [6.07, 6.45) is 1.07. The normalized spacial score (nSPS) is 10.7. The molecule has 0 atom stereocenters. The van der Waals surface area contributed by atoms with E-state index >= 15 is 0 Å². The highest BCUT2D eigenvalue weighted by Crippen LogP contribution is 2.13. The van der Waals surface area contributed by atoms with Gasteiger partial charge in [0.15, 0.2) is 0 Å². The molecule has 0 aliphatic rings. The Morgan fingerprint density at radius 1 is 1.08 bits per heavy atom. The second kappa shape index (κ2) is 6.95. The average molecular weight is 322 g/mol. The molecule has 0 saturated carbocycles. The molecule has 1 heterocycles. The third kappa shape index (κ3) is 3.98. The number of benzene rings is 2. The van der Waals surface area contributed by atoms with Crippen molar-refractivity contribution < 1.29 is 9.59 Å². The van der Waals surface area contributed by atoms with Crippen molar-refractivity contribution in [3.63, 3.8) is 0 Å². The van der Waals surface area contributed by atoms with Crippen LogP contribution in [0.2, 0.25) is 0 Å². The minimum absolute atomic E-state index is 0.0851. The number of nitrogens with two attached hydrogens (primary N) is 1. The second-order valence-corrected chi connectivity index (χ2v) is 5.59. The van der Waals surface area contributed by atoms with Crippen LogP contribution in [0.1, 0.15) is 17.8 Å². The topological polar surface area (TPSA) is 101 Å². The van der Waals surface area contributed by atoms with Gasteiger partial charge in [0, 0.05) is 18.5 Å². The fraction of sp³-hybridized carbons (Fsp3) is 0.167. The molecule has 0 saturated heterocycles. The monoisotopic (exact) mass is 322 g/mol. The number of hydrogen-bond acceptors (Lipinski definition) is 3. The standard InChI is InChI=1S/C18H18N4O2/c19-16(23)11-12-5-7-13(8-6-12)20-18(24)10-9-17-21-14-3-1-2-4-15(14)22-17/h1-8H,9-11H2,(H2,19,23)(H,20,24)(H,21,22). The molecule has 4 N–H and O–H groups in total. The Labute approximate surface area is 139 Å². The van der Waals surface area contributed by atoms with Gasteiger partial charge in [0.25, 0.3) is 0 Å². The predicted octanol–water partition coefficient (Wildman–Crippen LogP) is 2.16. The van der Waals surface area contributed by atoms with E-state index in [0.29, 0.717) is 18.5 Å². The van der Waals surface area contributed by atoms with Crippen molar-refractivity contribution in [3.05, 3.63) is 59.9 Å². The summed E-state index contributed by atoms with van der Waals surface area (Å²) in [7, 11) is 0. The molecule has 0 spiro atoms. The number of aromatic amines is 1. The Balaban J connectivity index is 1.54. The average Bonchev–Trinajstić information content (AvgIpc) is 2.97. The number of aromatic nitrogens is 2. The molecule has 0 aliphatic carbocycles. The van der Waals surface area contributed by atoms with Gasteiger partial charge in [0.2, 0.25) is 11.8 Å². The van der Waals surface area contributed by atoms with E-state index in [9.17, 15) is 9.59 Å². The van der Waals surface area contributed by atoms with Gasteiger partial charge in [0.05, 0.1) is 17.5 Å². The largest absolute Gasteiger partial charge is 0.369 e. The molecule has 24 heavy (non-hydrogen) atoms. The minimum Gasteiger partial charge on any atom is -0.369 e. The van der Waals surface area contributed by atoms with Crippen LogP contribution in [-0.2, 0) is 22.4 Å². The van der Waals surface area contributed by atoms with Crippen LogP contribution in [0.5, 0.6) is 0 Å². The Kier molecular flexibility index (Phi) is 4.56. The molecule has 3 aromatic rings. The van der Waals surface area contributed by atoms with E-state index in [1.54, 1.807) is 24.3 Å². The molecule has 0 fully saturated rings. The summed E-state index contributed by atoms with van der Waals surface area (Å²) >= 11 is 0. The van der Waals surface area contributed by atoms with E-state index in [2.05, 4.69) is 15.3 Å². The Bertz CT molecular complexity index is 835. The number of rotatable bonds is 6. The van der Waals surface area contributed by atoms with Crippen LogP contribution < -0.4 is 11.1 Å². The number of amides is 2. The Morgan fingerprint density at radius 2 is 1.83 bits per heavy atom. The maximum Gasteiger partial charge on any atom is 0.224 e. The summed E-state index contributed by atoms with van der Waals surface area (Å²) in [5.41, 5.74) is 8.53. The maximum atomic E-state index is 12.0. The highest BCUT2D eigenvalue weighted by molar-refractivity contribution is 5.91. The molecular formula is C18H18N4O2. The molecule has 0 aliphatic heterocycles. The number of H-pyrrole nitrogens is 1. The first-order chi connectivity index (χ1) is 11.6. The molecule has 6 nitrogen and oxygen atoms in total. The lowest BCUT2D eigenvalue weighted by Gasteiger charge is -2.05. The number of nitrogens with one attached hydrogen (secondary N) is 2. The first kappa shape index (κ1) is 15.7. The quantitative estimate of drug-likeness (QED) is 0.648. The lowest BCUT2D eigenvalue weighted by Crippen LogP contribution is -2.14. The number of fused-ring (bicyclic) bond motifs is 1. The second-order valence-electron chi connectivity index (χ2n) is 5.59. The van der Waals surface area contributed by atoms with Crippen LogP contribution in [-0.4, -0.2) is 21.8 Å². The van der Waals surface area contributed by atoms with Gasteiger partial charge < -0.3 is 16.0 Å². The number of anilines is 1. The summed E-state index contributed by atoms with van der Waals surface area (Å²) in [6.45, 7) is 0. The number of primary amides is 1. The van der Waals surface area contributed by atoms with E-state index in [-0.39, 0.29) is 18.2 Å². The minimum atomic E-state index is -0.377. The predicted molar refractivity (Wildman–Crippen MR) is 92.4 cm³/mol. The number of carbonyl (C=O) groups excluding carboxylic acids is 2. The maximum absolute atomic E-state index is 12.0. The third-order valence-electron chi connectivity index (χ3n) is 3.64. The highest BCUT2D eigenvalue weighted by Gasteiger charge is 2.07. The number of para-hydroxylation sites is 2. The van der Waals surface area contributed by atoms with Crippen LogP contribution in [0.15, 0.2) is 48.5 Å². The molecule has 0 bridgehead atoms. The van der Waals surface area contributed by atoms with Crippen LogP contribution in [0.4, 0.5) is 5.69 Å². The van der Waals surface area contributed by atoms with E-state index in [0.717, 1.165) is 22.4 Å². The van der Waals surface area contributed by atoms with Crippen molar-refractivity contribution in [2.45, 2.75) is 19.3 Å². The molecule has 0 radical (unpaired) electrons. The fourth-order valence-electron chi connectivity index (χ4n) is 2.49. The zero-order chi connectivity index (χ0) is 16.9. The summed E-state index contributed by atoms with van der Waals surface area (Å²) in [6, 6.07) is 14.8. The third-order valence-corrected chi connectivity index (χ3v) is 3.64. The van der Waals surface area contributed by atoms with Gasteiger partial charge in [0.1, 0.15) is 5.82 Å². The van der Waals surface area contributed by atoms with Crippen molar-refractivity contribution in [1.29, 1.82) is 0 Å². The van der Waals surface area contributed by atoms with Crippen molar-refractivity contribution >= 4 is 28.5 Å². The van der Waals surface area contributed by atoms with Gasteiger partial charge in [-0.05, 0) is 29.8 Å². The molecule has 6 heteroatoms. The van der Waals surface area contributed by atoms with Crippen molar-refractivity contribution in [2.75, 3.05) is 5.32 Å². The van der Waals surface area contributed by atoms with E-state index in [1.165, 1.54) is 0 Å². The van der Waals surface area contributed by atoms with Crippen LogP contribution in [0.25, 0.3) is 11.0 Å². The zero-order valence-electron chi connectivity index (χ0n) is 13.1. The van der Waals surface area contributed by atoms with Crippen LogP contribution >= 0.6 is 0 Å². The zero-order valence-corrected chi connectivity index (χ0v) is 13.1. The molecule has 3 rings (SSSR count). The van der Waals surface area contributed by atoms with E-state index in [1.807, 2.05) is 24.3 Å². The lowest BCUT2D eigenvalue weighted by atomic mass is 10.1. The number of imidazole rings is 1. The van der Waals surface area contributed by atoms with Gasteiger partial charge in [-0.1, -0.05) is 24.3 Å². The first-order valence-corrected chi connectivity index (χ1v) is 7.71. The van der Waals surface area contributed by atoms with Gasteiger partial charge in [-0.3, -0.25) is 9.59 Å². The van der Waals surface area contributed by atoms with Gasteiger partial charge in [-0.15, -0.1) is 0 Å². The number of nitrogens with zero attached hydrogens (tertiary/aromatic N) is 1. The smallest absolute Gasteiger partial charge is 0.224 e. The molecule has 1 aromatic heterocycles. The lowest BCUT2D eigenvalue weighted by molar-refractivity contribution is -0.117. The SMILES string of the molecule is NC(=O)Cc1ccc(NC(=O)CCc2nc3ccccc3[nH]2)cc1. The summed E-state index contributed by atoms with van der Waals surface area (Å²) in [4.78, 5) is 30.6. The number of aryl methyl sites for hydroxylation is 1. The van der Waals surface area contributed by atoms with E-state index in [4.69, 9.17) is 5.73 Å². The first-order valence-electron chi connectivity index (χ1n) is 7.71. The fourth-order valence-corrected chi connectivity index (χ4v) is 2.49. The van der Waals surface area contributed by atoms with Gasteiger partial charge >= 0.3 is 0 Å². The summed E-state index contributed by atoms with van der Waals surface area (Å²) < 4.78 is 0. The van der Waals surface area contributed by atoms with Crippen molar-refractivity contribution in [2.24, 2.45) is 5.73 Å². The molecule has 0 unspecified atom stereocenters. The Hall–Kier alpha value is -3.15. The van der Waals surface area contributed by atoms with E-state index < -0.39 is 0 Å². The van der Waals surface area contributed by atoms with Crippen molar-refractivity contribution in [3.8, 4) is 0 Å². The summed E-state index contributed by atoms with van der Waals surface area (Å²) in [5.74, 6) is 0.332. The molecule has 122 valence electrons. The number of hydrogen-bond donors (Lipinski definition) is 3. The highest BCUT2D eigenvalue weighted by atomic mass is 16.1. The van der Waals surface area contributed by atoms with Crippen LogP contribution in [0.3, 0.4) is 0 Å². The van der Waals surface area contributed by atoms with Crippen molar-refractivity contribution in [1.82, 2.24) is 9.97 Å². The molecule has 2 amide bonds. The molecular weight excluding hydrogens is 304 g/mol. The van der Waals surface area contributed by atoms with Crippen LogP contribution in [0, 0.1) is 0 Å². The summed E-state index contributed by atoms with van der Waals surface area (Å²) in [5, 5.41) is 2.83. The Morgan fingerprint density at radius 3 is 2.54 bits per heavy atom. The number of carbonyl (C=O) groups is 2. The van der Waals surface area contributed by atoms with Gasteiger partial charge in [-0.2, -0.15) is 0 Å². The van der Waals surface area contributed by atoms with Gasteiger partial charge in [-0.25, -0.2) is 4.98 Å². The molecule has 2 aromatic carbocycles.